The molecule has 4 atom stereocenters. The lowest BCUT2D eigenvalue weighted by molar-refractivity contribution is -0.133. The average molecular weight is 279 g/mol. The van der Waals surface area contributed by atoms with Gasteiger partial charge in [-0.2, -0.15) is 0 Å². The topological polar surface area (TPSA) is 35.6 Å². The predicted octanol–water partition coefficient (Wildman–Crippen LogP) is 1.95. The van der Waals surface area contributed by atoms with E-state index in [4.69, 9.17) is 0 Å². The van der Waals surface area contributed by atoms with Crippen molar-refractivity contribution in [2.24, 2.45) is 0 Å². The first-order valence-corrected chi connectivity index (χ1v) is 8.58. The fourth-order valence-corrected chi connectivity index (χ4v) is 4.45. The quantitative estimate of drug-likeness (QED) is 0.854. The fraction of sp³-hybridized carbons (Fsp3) is 0.938. The number of nitrogens with zero attached hydrogens (tertiary/aromatic N) is 2. The highest BCUT2D eigenvalue weighted by atomic mass is 16.2. The van der Waals surface area contributed by atoms with Crippen LogP contribution in [-0.4, -0.2) is 53.1 Å². The van der Waals surface area contributed by atoms with Crippen molar-refractivity contribution in [3.05, 3.63) is 0 Å². The molecule has 3 fully saturated rings. The van der Waals surface area contributed by atoms with E-state index >= 15 is 0 Å². The first-order valence-electron chi connectivity index (χ1n) is 8.58. The molecule has 3 heterocycles. The molecule has 4 heteroatoms. The summed E-state index contributed by atoms with van der Waals surface area (Å²) in [5, 5.41) is 3.57. The van der Waals surface area contributed by atoms with Crippen LogP contribution in [0.15, 0.2) is 0 Å². The number of rotatable bonds is 4. The van der Waals surface area contributed by atoms with Gasteiger partial charge in [-0.05, 0) is 38.6 Å². The summed E-state index contributed by atoms with van der Waals surface area (Å²) >= 11 is 0. The summed E-state index contributed by atoms with van der Waals surface area (Å²) < 4.78 is 0. The van der Waals surface area contributed by atoms with Gasteiger partial charge in [0.1, 0.15) is 0 Å². The Morgan fingerprint density at radius 1 is 1.15 bits per heavy atom. The normalized spacial score (nSPS) is 38.5. The van der Waals surface area contributed by atoms with Gasteiger partial charge in [-0.25, -0.2) is 0 Å². The van der Waals surface area contributed by atoms with E-state index in [-0.39, 0.29) is 12.2 Å². The second kappa shape index (κ2) is 6.02. The van der Waals surface area contributed by atoms with Crippen LogP contribution >= 0.6 is 0 Å². The van der Waals surface area contributed by atoms with Crippen LogP contribution < -0.4 is 5.32 Å². The summed E-state index contributed by atoms with van der Waals surface area (Å²) in [5.74, 6) is 0.364. The zero-order chi connectivity index (χ0) is 14.1. The third-order valence-corrected chi connectivity index (χ3v) is 5.43. The third-order valence-electron chi connectivity index (χ3n) is 5.43. The van der Waals surface area contributed by atoms with Crippen molar-refractivity contribution in [3.8, 4) is 0 Å². The van der Waals surface area contributed by atoms with E-state index in [1.54, 1.807) is 0 Å². The van der Waals surface area contributed by atoms with Gasteiger partial charge in [-0.1, -0.05) is 26.7 Å². The van der Waals surface area contributed by atoms with Gasteiger partial charge in [0.2, 0.25) is 5.91 Å². The Morgan fingerprint density at radius 2 is 2.00 bits per heavy atom. The highest BCUT2D eigenvalue weighted by Gasteiger charge is 2.47. The molecule has 3 saturated heterocycles. The first-order chi connectivity index (χ1) is 9.76. The third kappa shape index (κ3) is 2.37. The first kappa shape index (κ1) is 14.3. The van der Waals surface area contributed by atoms with Gasteiger partial charge in [0, 0.05) is 12.6 Å². The van der Waals surface area contributed by atoms with E-state index in [1.807, 2.05) is 0 Å². The minimum Gasteiger partial charge on any atom is -0.321 e. The number of nitrogens with one attached hydrogen (secondary N) is 1. The highest BCUT2D eigenvalue weighted by Crippen LogP contribution is 2.34. The molecule has 0 saturated carbocycles. The van der Waals surface area contributed by atoms with Crippen molar-refractivity contribution in [2.45, 2.75) is 83.1 Å². The van der Waals surface area contributed by atoms with Crippen LogP contribution in [0.1, 0.15) is 58.8 Å². The summed E-state index contributed by atoms with van der Waals surface area (Å²) in [6.07, 6.45) is 8.55. The molecule has 0 aromatic heterocycles. The minimum atomic E-state index is 0.0594. The summed E-state index contributed by atoms with van der Waals surface area (Å²) in [4.78, 5) is 17.6. The summed E-state index contributed by atoms with van der Waals surface area (Å²) in [6, 6.07) is 1.15. The molecular formula is C16H29N3O. The van der Waals surface area contributed by atoms with E-state index in [0.29, 0.717) is 18.0 Å². The highest BCUT2D eigenvalue weighted by molar-refractivity contribution is 5.84. The van der Waals surface area contributed by atoms with Crippen molar-refractivity contribution >= 4 is 5.91 Å². The monoisotopic (exact) mass is 279 g/mol. The van der Waals surface area contributed by atoms with Crippen molar-refractivity contribution in [3.63, 3.8) is 0 Å². The molecule has 3 aliphatic rings. The number of piperidine rings is 1. The number of hydrogen-bond donors (Lipinski definition) is 1. The average Bonchev–Trinajstić information content (AvgIpc) is 3.01. The van der Waals surface area contributed by atoms with E-state index < -0.39 is 0 Å². The number of fused-ring (bicyclic) bond motifs is 1. The molecule has 0 aliphatic carbocycles. The maximum Gasteiger partial charge on any atom is 0.241 e. The number of amides is 1. The maximum atomic E-state index is 12.7. The van der Waals surface area contributed by atoms with E-state index in [9.17, 15) is 4.79 Å². The van der Waals surface area contributed by atoms with Gasteiger partial charge in [-0.3, -0.25) is 15.0 Å². The van der Waals surface area contributed by atoms with Gasteiger partial charge in [0.05, 0.1) is 18.2 Å². The minimum absolute atomic E-state index is 0.0594. The Labute approximate surface area is 122 Å². The molecule has 3 aliphatic heterocycles. The Balaban J connectivity index is 1.77. The van der Waals surface area contributed by atoms with Gasteiger partial charge < -0.3 is 4.90 Å². The van der Waals surface area contributed by atoms with E-state index in [0.717, 1.165) is 19.3 Å². The molecule has 4 nitrogen and oxygen atoms in total. The Morgan fingerprint density at radius 3 is 2.75 bits per heavy atom. The van der Waals surface area contributed by atoms with Gasteiger partial charge in [0.15, 0.2) is 0 Å². The molecule has 3 rings (SSSR count). The Hall–Kier alpha value is -0.610. The smallest absolute Gasteiger partial charge is 0.241 e. The maximum absolute atomic E-state index is 12.7. The lowest BCUT2D eigenvalue weighted by atomic mass is 9.97. The standard InChI is InChI=1S/C16H29N3O/c1-3-7-15-17-12(4-2)16(20)19(15)14-9-11-18-10-6-5-8-13(14)18/h12-15,17H,3-11H2,1-2H3. The summed E-state index contributed by atoms with van der Waals surface area (Å²) in [6.45, 7) is 6.76. The van der Waals surface area contributed by atoms with Crippen LogP contribution in [-0.2, 0) is 4.79 Å². The molecule has 0 aromatic carbocycles. The van der Waals surface area contributed by atoms with Crippen molar-refractivity contribution < 1.29 is 4.79 Å². The van der Waals surface area contributed by atoms with Crippen LogP contribution in [0, 0.1) is 0 Å². The summed E-state index contributed by atoms with van der Waals surface area (Å²) in [5.41, 5.74) is 0. The summed E-state index contributed by atoms with van der Waals surface area (Å²) in [7, 11) is 0. The largest absolute Gasteiger partial charge is 0.321 e. The molecule has 114 valence electrons. The van der Waals surface area contributed by atoms with Crippen molar-refractivity contribution in [1.82, 2.24) is 15.1 Å². The van der Waals surface area contributed by atoms with Crippen LogP contribution in [0.4, 0.5) is 0 Å². The molecule has 0 aromatic rings. The lowest BCUT2D eigenvalue weighted by Gasteiger charge is -2.38. The molecule has 0 bridgehead atoms. The number of carbonyl (C=O) groups is 1. The molecule has 0 radical (unpaired) electrons. The van der Waals surface area contributed by atoms with Crippen molar-refractivity contribution in [1.29, 1.82) is 0 Å². The lowest BCUT2D eigenvalue weighted by Crippen LogP contribution is -2.51. The van der Waals surface area contributed by atoms with Gasteiger partial charge >= 0.3 is 0 Å². The predicted molar refractivity (Wildman–Crippen MR) is 80.4 cm³/mol. The second-order valence-electron chi connectivity index (χ2n) is 6.63. The molecular weight excluding hydrogens is 250 g/mol. The van der Waals surface area contributed by atoms with Crippen molar-refractivity contribution in [2.75, 3.05) is 13.1 Å². The molecule has 20 heavy (non-hydrogen) atoms. The zero-order valence-electron chi connectivity index (χ0n) is 13.0. The van der Waals surface area contributed by atoms with Crippen LogP contribution in [0.3, 0.4) is 0 Å². The van der Waals surface area contributed by atoms with Crippen LogP contribution in [0.5, 0.6) is 0 Å². The van der Waals surface area contributed by atoms with Gasteiger partial charge in [0.25, 0.3) is 0 Å². The Bertz CT molecular complexity index is 360. The molecule has 4 unspecified atom stereocenters. The number of carbonyl (C=O) groups excluding carboxylic acids is 1. The Kier molecular flexibility index (Phi) is 4.32. The van der Waals surface area contributed by atoms with E-state index in [1.165, 1.54) is 38.8 Å². The SMILES string of the molecule is CCCC1NC(CC)C(=O)N1C1CCN2CCCCC12. The zero-order valence-corrected chi connectivity index (χ0v) is 13.0. The van der Waals surface area contributed by atoms with E-state index in [2.05, 4.69) is 29.0 Å². The molecule has 0 spiro atoms. The number of hydrogen-bond acceptors (Lipinski definition) is 3. The fourth-order valence-electron chi connectivity index (χ4n) is 4.45. The van der Waals surface area contributed by atoms with Gasteiger partial charge in [-0.15, -0.1) is 0 Å². The molecule has 1 N–H and O–H groups in total. The molecule has 1 amide bonds. The second-order valence-corrected chi connectivity index (χ2v) is 6.63. The van der Waals surface area contributed by atoms with Crippen LogP contribution in [0.2, 0.25) is 0 Å². The van der Waals surface area contributed by atoms with Crippen LogP contribution in [0.25, 0.3) is 0 Å².